The van der Waals surface area contributed by atoms with E-state index in [2.05, 4.69) is 6.07 Å². The Morgan fingerprint density at radius 3 is 2.93 bits per heavy atom. The smallest absolute Gasteiger partial charge is 0.174 e. The lowest BCUT2D eigenvalue weighted by molar-refractivity contribution is 0.0989. The molecule has 0 spiro atoms. The van der Waals surface area contributed by atoms with Crippen molar-refractivity contribution in [3.05, 3.63) is 21.4 Å². The predicted octanol–water partition coefficient (Wildman–Crippen LogP) is 2.16. The van der Waals surface area contributed by atoms with Gasteiger partial charge in [0, 0.05) is 11.3 Å². The van der Waals surface area contributed by atoms with Crippen LogP contribution in [-0.4, -0.2) is 12.3 Å². The van der Waals surface area contributed by atoms with E-state index < -0.39 is 0 Å². The van der Waals surface area contributed by atoms with Gasteiger partial charge in [0.25, 0.3) is 0 Å². The monoisotopic (exact) mass is 209 g/mol. The summed E-state index contributed by atoms with van der Waals surface area (Å²) in [4.78, 5) is 13.9. The molecule has 1 heterocycles. The SMILES string of the molecule is NCCC(=O)c1cc2c(s1)CCCC2. The summed E-state index contributed by atoms with van der Waals surface area (Å²) in [6.07, 6.45) is 5.35. The Balaban J connectivity index is 2.19. The number of aryl methyl sites for hydroxylation is 2. The van der Waals surface area contributed by atoms with Gasteiger partial charge in [0.05, 0.1) is 4.88 Å². The van der Waals surface area contributed by atoms with Gasteiger partial charge in [-0.1, -0.05) is 0 Å². The molecule has 0 amide bonds. The number of carbonyl (C=O) groups excluding carboxylic acids is 1. The number of rotatable bonds is 3. The molecule has 76 valence electrons. The number of fused-ring (bicyclic) bond motifs is 1. The van der Waals surface area contributed by atoms with Crippen molar-refractivity contribution >= 4 is 17.1 Å². The van der Waals surface area contributed by atoms with Crippen LogP contribution in [0.25, 0.3) is 0 Å². The van der Waals surface area contributed by atoms with E-state index in [9.17, 15) is 4.79 Å². The highest BCUT2D eigenvalue weighted by Crippen LogP contribution is 2.30. The molecule has 2 N–H and O–H groups in total. The summed E-state index contributed by atoms with van der Waals surface area (Å²) < 4.78 is 0. The molecule has 0 atom stereocenters. The maximum Gasteiger partial charge on any atom is 0.174 e. The molecule has 0 radical (unpaired) electrons. The summed E-state index contributed by atoms with van der Waals surface area (Å²) >= 11 is 1.68. The molecule has 14 heavy (non-hydrogen) atoms. The highest BCUT2D eigenvalue weighted by molar-refractivity contribution is 7.14. The van der Waals surface area contributed by atoms with Crippen LogP contribution in [0.3, 0.4) is 0 Å². The first-order valence-corrected chi connectivity index (χ1v) is 5.98. The van der Waals surface area contributed by atoms with Crippen molar-refractivity contribution < 1.29 is 4.79 Å². The van der Waals surface area contributed by atoms with Gasteiger partial charge in [0.2, 0.25) is 0 Å². The minimum Gasteiger partial charge on any atom is -0.330 e. The van der Waals surface area contributed by atoms with E-state index in [1.807, 2.05) is 0 Å². The minimum atomic E-state index is 0.215. The average Bonchev–Trinajstić information content (AvgIpc) is 2.61. The first kappa shape index (κ1) is 9.87. The highest BCUT2D eigenvalue weighted by Gasteiger charge is 2.16. The van der Waals surface area contributed by atoms with Crippen molar-refractivity contribution in [2.45, 2.75) is 32.1 Å². The number of thiophene rings is 1. The molecule has 3 heteroatoms. The molecule has 1 aliphatic rings. The van der Waals surface area contributed by atoms with E-state index in [-0.39, 0.29) is 5.78 Å². The van der Waals surface area contributed by atoms with Gasteiger partial charge in [0.1, 0.15) is 0 Å². The zero-order valence-electron chi connectivity index (χ0n) is 8.21. The molecule has 0 saturated heterocycles. The molecule has 2 nitrogen and oxygen atoms in total. The van der Waals surface area contributed by atoms with Gasteiger partial charge in [0.15, 0.2) is 5.78 Å². The third kappa shape index (κ3) is 1.88. The van der Waals surface area contributed by atoms with Crippen LogP contribution in [0.4, 0.5) is 0 Å². The van der Waals surface area contributed by atoms with E-state index in [0.717, 1.165) is 17.7 Å². The van der Waals surface area contributed by atoms with Crippen molar-refractivity contribution in [2.75, 3.05) is 6.54 Å². The summed E-state index contributed by atoms with van der Waals surface area (Å²) in [6, 6.07) is 2.08. The zero-order chi connectivity index (χ0) is 9.97. The lowest BCUT2D eigenvalue weighted by Crippen LogP contribution is -2.06. The number of hydrogen-bond donors (Lipinski definition) is 1. The third-order valence-corrected chi connectivity index (χ3v) is 3.92. The molecule has 0 bridgehead atoms. The molecule has 0 aromatic carbocycles. The van der Waals surface area contributed by atoms with Crippen molar-refractivity contribution in [3.63, 3.8) is 0 Å². The molecular weight excluding hydrogens is 194 g/mol. The summed E-state index contributed by atoms with van der Waals surface area (Å²) in [7, 11) is 0. The van der Waals surface area contributed by atoms with Crippen molar-refractivity contribution in [2.24, 2.45) is 5.73 Å². The van der Waals surface area contributed by atoms with Crippen LogP contribution < -0.4 is 5.73 Å². The lowest BCUT2D eigenvalue weighted by atomic mass is 9.99. The fourth-order valence-corrected chi connectivity index (χ4v) is 3.10. The van der Waals surface area contributed by atoms with E-state index in [1.54, 1.807) is 11.3 Å². The average molecular weight is 209 g/mol. The van der Waals surface area contributed by atoms with Gasteiger partial charge in [-0.15, -0.1) is 11.3 Å². The van der Waals surface area contributed by atoms with Gasteiger partial charge in [-0.25, -0.2) is 0 Å². The van der Waals surface area contributed by atoms with E-state index >= 15 is 0 Å². The fraction of sp³-hybridized carbons (Fsp3) is 0.545. The summed E-state index contributed by atoms with van der Waals surface area (Å²) in [5, 5.41) is 0. The maximum absolute atomic E-state index is 11.6. The summed E-state index contributed by atoms with van der Waals surface area (Å²) in [5.41, 5.74) is 6.78. The Morgan fingerprint density at radius 1 is 1.43 bits per heavy atom. The number of ketones is 1. The van der Waals surface area contributed by atoms with Crippen LogP contribution in [0.2, 0.25) is 0 Å². The predicted molar refractivity (Wildman–Crippen MR) is 59.0 cm³/mol. The quantitative estimate of drug-likeness (QED) is 0.775. The Hall–Kier alpha value is -0.670. The molecule has 0 saturated carbocycles. The molecule has 1 aromatic rings. The normalized spacial score (nSPS) is 15.2. The first-order valence-electron chi connectivity index (χ1n) is 5.16. The molecule has 0 aliphatic heterocycles. The Labute approximate surface area is 88.1 Å². The Kier molecular flexibility index (Phi) is 2.99. The van der Waals surface area contributed by atoms with Gasteiger partial charge in [-0.3, -0.25) is 4.79 Å². The van der Waals surface area contributed by atoms with Gasteiger partial charge >= 0.3 is 0 Å². The lowest BCUT2D eigenvalue weighted by Gasteiger charge is -2.08. The van der Waals surface area contributed by atoms with E-state index in [4.69, 9.17) is 5.73 Å². The minimum absolute atomic E-state index is 0.215. The molecule has 1 aliphatic carbocycles. The van der Waals surface area contributed by atoms with Crippen LogP contribution in [0.15, 0.2) is 6.07 Å². The maximum atomic E-state index is 11.6. The summed E-state index contributed by atoms with van der Waals surface area (Å²) in [6.45, 7) is 0.460. The third-order valence-electron chi connectivity index (χ3n) is 2.64. The fourth-order valence-electron chi connectivity index (χ4n) is 1.88. The van der Waals surface area contributed by atoms with E-state index in [1.165, 1.54) is 23.3 Å². The highest BCUT2D eigenvalue weighted by atomic mass is 32.1. The van der Waals surface area contributed by atoms with Crippen LogP contribution >= 0.6 is 11.3 Å². The second-order valence-electron chi connectivity index (χ2n) is 3.73. The molecule has 0 fully saturated rings. The Morgan fingerprint density at radius 2 is 2.21 bits per heavy atom. The number of hydrogen-bond acceptors (Lipinski definition) is 3. The second-order valence-corrected chi connectivity index (χ2v) is 4.86. The Bertz CT molecular complexity index is 320. The van der Waals surface area contributed by atoms with Crippen molar-refractivity contribution in [1.29, 1.82) is 0 Å². The molecular formula is C11H15NOS. The molecule has 1 aromatic heterocycles. The standard InChI is InChI=1S/C11H15NOS/c12-6-5-9(13)11-7-8-3-1-2-4-10(8)14-11/h7H,1-6,12H2. The number of Topliss-reactive ketones (excluding diaryl/α,β-unsaturated/α-hetero) is 1. The van der Waals surface area contributed by atoms with Gasteiger partial charge in [-0.2, -0.15) is 0 Å². The van der Waals surface area contributed by atoms with Crippen molar-refractivity contribution in [1.82, 2.24) is 0 Å². The van der Waals surface area contributed by atoms with Gasteiger partial charge < -0.3 is 5.73 Å². The first-order chi connectivity index (χ1) is 6.81. The van der Waals surface area contributed by atoms with E-state index in [0.29, 0.717) is 13.0 Å². The van der Waals surface area contributed by atoms with Crippen LogP contribution in [0.1, 0.15) is 39.4 Å². The molecule has 0 unspecified atom stereocenters. The largest absolute Gasteiger partial charge is 0.330 e. The van der Waals surface area contributed by atoms with Gasteiger partial charge in [-0.05, 0) is 43.9 Å². The van der Waals surface area contributed by atoms with Crippen LogP contribution in [0.5, 0.6) is 0 Å². The topological polar surface area (TPSA) is 43.1 Å². The van der Waals surface area contributed by atoms with Crippen molar-refractivity contribution in [3.8, 4) is 0 Å². The number of nitrogens with two attached hydrogens (primary N) is 1. The van der Waals surface area contributed by atoms with Crippen LogP contribution in [-0.2, 0) is 12.8 Å². The summed E-state index contributed by atoms with van der Waals surface area (Å²) in [5.74, 6) is 0.215. The second kappa shape index (κ2) is 4.24. The van der Waals surface area contributed by atoms with Crippen LogP contribution in [0, 0.1) is 0 Å². The zero-order valence-corrected chi connectivity index (χ0v) is 9.03. The number of carbonyl (C=O) groups is 1. The molecule has 2 rings (SSSR count).